The topological polar surface area (TPSA) is 76.6 Å². The molecule has 2 aromatic heterocycles. The van der Waals surface area contributed by atoms with Gasteiger partial charge in [-0.15, -0.1) is 23.1 Å². The summed E-state index contributed by atoms with van der Waals surface area (Å²) in [5, 5.41) is 2.66. The van der Waals surface area contributed by atoms with Crippen molar-refractivity contribution in [3.05, 3.63) is 40.7 Å². The van der Waals surface area contributed by atoms with Gasteiger partial charge in [-0.05, 0) is 35.8 Å². The van der Waals surface area contributed by atoms with Gasteiger partial charge in [0, 0.05) is 25.7 Å². The van der Waals surface area contributed by atoms with Crippen LogP contribution in [-0.4, -0.2) is 55.5 Å². The second-order valence-corrected chi connectivity index (χ2v) is 9.70. The van der Waals surface area contributed by atoms with Crippen molar-refractivity contribution in [3.63, 3.8) is 0 Å². The third kappa shape index (κ3) is 4.92. The number of hydrogen-bond acceptors (Lipinski definition) is 7. The molecule has 1 saturated heterocycles. The Labute approximate surface area is 161 Å². The Bertz CT molecular complexity index is 814. The molecule has 1 fully saturated rings. The van der Waals surface area contributed by atoms with Gasteiger partial charge in [-0.1, -0.05) is 6.07 Å². The summed E-state index contributed by atoms with van der Waals surface area (Å²) in [7, 11) is -3.50. The second kappa shape index (κ2) is 9.09. The van der Waals surface area contributed by atoms with Gasteiger partial charge in [0.2, 0.25) is 10.0 Å². The van der Waals surface area contributed by atoms with E-state index in [1.165, 1.54) is 33.6 Å². The van der Waals surface area contributed by atoms with Crippen LogP contribution in [0.4, 0.5) is 0 Å². The quantitative estimate of drug-likeness (QED) is 0.377. The van der Waals surface area contributed by atoms with Crippen LogP contribution in [0.3, 0.4) is 0 Å². The molecule has 9 heteroatoms. The summed E-state index contributed by atoms with van der Waals surface area (Å²) in [6, 6.07) is 7.04. The molecule has 3 heterocycles. The number of thioether (sulfide) groups is 1. The predicted octanol–water partition coefficient (Wildman–Crippen LogP) is 2.92. The fourth-order valence-electron chi connectivity index (χ4n) is 2.51. The molecule has 6 nitrogen and oxygen atoms in total. The summed E-state index contributed by atoms with van der Waals surface area (Å²) >= 11 is 2.99. The van der Waals surface area contributed by atoms with E-state index in [1.54, 1.807) is 12.1 Å². The van der Waals surface area contributed by atoms with Crippen molar-refractivity contribution in [2.75, 3.05) is 32.1 Å². The summed E-state index contributed by atoms with van der Waals surface area (Å²) < 4.78 is 31.7. The molecule has 0 aliphatic carbocycles. The van der Waals surface area contributed by atoms with Crippen LogP contribution in [0.15, 0.2) is 45.8 Å². The maximum Gasteiger partial charge on any atom is 0.244 e. The number of sulfonamides is 1. The third-order valence-corrected chi connectivity index (χ3v) is 7.73. The minimum absolute atomic E-state index is 0.167. The van der Waals surface area contributed by atoms with E-state index in [-0.39, 0.29) is 10.7 Å². The number of hydrogen-bond donors (Lipinski definition) is 0. The number of pyridine rings is 1. The maximum absolute atomic E-state index is 12.5. The van der Waals surface area contributed by atoms with E-state index in [0.717, 1.165) is 22.1 Å². The van der Waals surface area contributed by atoms with E-state index >= 15 is 0 Å². The van der Waals surface area contributed by atoms with Crippen molar-refractivity contribution < 1.29 is 17.9 Å². The van der Waals surface area contributed by atoms with Gasteiger partial charge in [-0.2, -0.15) is 4.31 Å². The average Bonchev–Trinajstić information content (AvgIpc) is 3.21. The van der Waals surface area contributed by atoms with E-state index in [2.05, 4.69) is 4.98 Å². The molecule has 0 unspecified atom stereocenters. The summed E-state index contributed by atoms with van der Waals surface area (Å²) in [5.74, 6) is 0.931. The lowest BCUT2D eigenvalue weighted by Gasteiger charge is -2.25. The first-order valence-corrected chi connectivity index (χ1v) is 11.6. The number of morpholine rings is 1. The standard InChI is InChI=1S/C17H20N2O4S3/c20-15(16-4-2-11-24-16)3-1-12-25-17-6-5-14(13-18-17)26(21,22)19-7-9-23-10-8-19/h2,4-6,11,13H,1,3,7-10,12H2. The fraction of sp³-hybridized carbons (Fsp3) is 0.412. The lowest BCUT2D eigenvalue weighted by Crippen LogP contribution is -2.40. The molecule has 0 saturated carbocycles. The minimum Gasteiger partial charge on any atom is -0.379 e. The van der Waals surface area contributed by atoms with Crippen LogP contribution in [0.2, 0.25) is 0 Å². The molecular formula is C17H20N2O4S3. The average molecular weight is 413 g/mol. The van der Waals surface area contributed by atoms with Crippen molar-refractivity contribution in [2.24, 2.45) is 0 Å². The van der Waals surface area contributed by atoms with Crippen LogP contribution >= 0.6 is 23.1 Å². The lowest BCUT2D eigenvalue weighted by molar-refractivity contribution is 0.0730. The van der Waals surface area contributed by atoms with Gasteiger partial charge in [0.15, 0.2) is 5.78 Å². The Balaban J connectivity index is 1.49. The van der Waals surface area contributed by atoms with E-state index in [1.807, 2.05) is 17.5 Å². The highest BCUT2D eigenvalue weighted by Crippen LogP contribution is 2.22. The Kier molecular flexibility index (Phi) is 6.82. The minimum atomic E-state index is -3.50. The van der Waals surface area contributed by atoms with Gasteiger partial charge in [-0.25, -0.2) is 13.4 Å². The van der Waals surface area contributed by atoms with Crippen LogP contribution in [0, 0.1) is 0 Å². The number of rotatable bonds is 8. The summed E-state index contributed by atoms with van der Waals surface area (Å²) in [4.78, 5) is 17.2. The predicted molar refractivity (Wildman–Crippen MR) is 102 cm³/mol. The van der Waals surface area contributed by atoms with E-state index in [4.69, 9.17) is 4.74 Å². The normalized spacial score (nSPS) is 15.8. The summed E-state index contributed by atoms with van der Waals surface area (Å²) in [6.07, 6.45) is 2.68. The monoisotopic (exact) mass is 412 g/mol. The number of ether oxygens (including phenoxy) is 1. The van der Waals surface area contributed by atoms with Crippen LogP contribution in [-0.2, 0) is 14.8 Å². The number of carbonyl (C=O) groups is 1. The molecular weight excluding hydrogens is 392 g/mol. The lowest BCUT2D eigenvalue weighted by atomic mass is 10.2. The van der Waals surface area contributed by atoms with Gasteiger partial charge >= 0.3 is 0 Å². The van der Waals surface area contributed by atoms with Crippen molar-refractivity contribution >= 4 is 38.9 Å². The van der Waals surface area contributed by atoms with Crippen molar-refractivity contribution in [1.29, 1.82) is 0 Å². The highest BCUT2D eigenvalue weighted by atomic mass is 32.2. The largest absolute Gasteiger partial charge is 0.379 e. The van der Waals surface area contributed by atoms with Crippen molar-refractivity contribution in [2.45, 2.75) is 22.8 Å². The first kappa shape index (κ1) is 19.5. The number of aromatic nitrogens is 1. The molecule has 3 rings (SSSR count). The zero-order valence-electron chi connectivity index (χ0n) is 14.2. The zero-order valence-corrected chi connectivity index (χ0v) is 16.6. The number of thiophene rings is 1. The number of ketones is 1. The molecule has 1 aliphatic heterocycles. The molecule has 0 aromatic carbocycles. The van der Waals surface area contributed by atoms with E-state index in [9.17, 15) is 13.2 Å². The Morgan fingerprint density at radius 3 is 2.73 bits per heavy atom. The molecule has 0 atom stereocenters. The molecule has 0 radical (unpaired) electrons. The van der Waals surface area contributed by atoms with Gasteiger partial charge in [0.25, 0.3) is 0 Å². The SMILES string of the molecule is O=C(CCCSc1ccc(S(=O)(=O)N2CCOCC2)cn1)c1cccs1. The number of nitrogens with zero attached hydrogens (tertiary/aromatic N) is 2. The van der Waals surface area contributed by atoms with Crippen molar-refractivity contribution in [3.8, 4) is 0 Å². The van der Waals surface area contributed by atoms with Crippen molar-refractivity contribution in [1.82, 2.24) is 9.29 Å². The van der Waals surface area contributed by atoms with Crippen LogP contribution in [0.1, 0.15) is 22.5 Å². The first-order chi connectivity index (χ1) is 12.6. The smallest absolute Gasteiger partial charge is 0.244 e. The van der Waals surface area contributed by atoms with Gasteiger partial charge in [-0.3, -0.25) is 4.79 Å². The van der Waals surface area contributed by atoms with E-state index < -0.39 is 10.0 Å². The maximum atomic E-state index is 12.5. The summed E-state index contributed by atoms with van der Waals surface area (Å²) in [6.45, 7) is 1.59. The number of Topliss-reactive ketones (excluding diaryl/α,β-unsaturated/α-hetero) is 1. The molecule has 2 aromatic rings. The van der Waals surface area contributed by atoms with E-state index in [0.29, 0.717) is 32.7 Å². The van der Waals surface area contributed by atoms with Gasteiger partial charge in [0.1, 0.15) is 4.90 Å². The van der Waals surface area contributed by atoms with Gasteiger partial charge < -0.3 is 4.74 Å². The molecule has 0 N–H and O–H groups in total. The molecule has 140 valence electrons. The third-order valence-electron chi connectivity index (χ3n) is 3.91. The van der Waals surface area contributed by atoms with Crippen LogP contribution in [0.5, 0.6) is 0 Å². The van der Waals surface area contributed by atoms with Crippen LogP contribution < -0.4 is 0 Å². The first-order valence-electron chi connectivity index (χ1n) is 8.31. The number of carbonyl (C=O) groups excluding carboxylic acids is 1. The summed E-state index contributed by atoms with van der Waals surface area (Å²) in [5.41, 5.74) is 0. The highest BCUT2D eigenvalue weighted by molar-refractivity contribution is 7.99. The second-order valence-electron chi connectivity index (χ2n) is 5.70. The van der Waals surface area contributed by atoms with Crippen LogP contribution in [0.25, 0.3) is 0 Å². The Hall–Kier alpha value is -1.26. The molecule has 26 heavy (non-hydrogen) atoms. The zero-order chi connectivity index (χ0) is 18.4. The molecule has 0 amide bonds. The Morgan fingerprint density at radius 1 is 1.27 bits per heavy atom. The Morgan fingerprint density at radius 2 is 2.08 bits per heavy atom. The fourth-order valence-corrected chi connectivity index (χ4v) is 5.35. The molecule has 0 bridgehead atoms. The molecule has 1 aliphatic rings. The van der Waals surface area contributed by atoms with Gasteiger partial charge in [0.05, 0.1) is 23.1 Å². The highest BCUT2D eigenvalue weighted by Gasteiger charge is 2.26. The molecule has 0 spiro atoms.